The van der Waals surface area contributed by atoms with Crippen LogP contribution in [0, 0.1) is 0 Å². The van der Waals surface area contributed by atoms with E-state index in [1.54, 1.807) is 0 Å². The van der Waals surface area contributed by atoms with Gasteiger partial charge < -0.3 is 0 Å². The van der Waals surface area contributed by atoms with Gasteiger partial charge >= 0.3 is 0 Å². The Labute approximate surface area is 184 Å². The van der Waals surface area contributed by atoms with E-state index >= 15 is 0 Å². The maximum atomic E-state index is 2.28. The summed E-state index contributed by atoms with van der Waals surface area (Å²) in [5, 5.41) is 0. The number of benzene rings is 4. The minimum atomic E-state index is 0.121. The van der Waals surface area contributed by atoms with Crippen LogP contribution in [0.4, 0.5) is 0 Å². The molecular formula is C31H24. The first kappa shape index (κ1) is 19.1. The van der Waals surface area contributed by atoms with Crippen molar-refractivity contribution in [3.63, 3.8) is 0 Å². The van der Waals surface area contributed by atoms with E-state index in [4.69, 9.17) is 0 Å². The van der Waals surface area contributed by atoms with Crippen LogP contribution in [-0.4, -0.2) is 0 Å². The van der Waals surface area contributed by atoms with Gasteiger partial charge in [-0.3, -0.25) is 0 Å². The lowest BCUT2D eigenvalue weighted by Gasteiger charge is -2.26. The second-order valence-electron chi connectivity index (χ2n) is 7.75. The average Bonchev–Trinajstić information content (AvgIpc) is 3.06. The van der Waals surface area contributed by atoms with Crippen molar-refractivity contribution < 1.29 is 0 Å². The molecule has 1 atom stereocenters. The molecule has 0 amide bonds. The van der Waals surface area contributed by atoms with E-state index in [-0.39, 0.29) is 5.92 Å². The maximum absolute atomic E-state index is 2.28. The predicted octanol–water partition coefficient (Wildman–Crippen LogP) is 8.03. The third-order valence-corrected chi connectivity index (χ3v) is 5.84. The SMILES string of the molecule is C1=CC(c2ccccc2)=C(c2ccccc2)[C@H](c2ccccc2)C(c2ccccc2)=C1. The molecule has 4 aromatic carbocycles. The van der Waals surface area contributed by atoms with E-state index in [9.17, 15) is 0 Å². The highest BCUT2D eigenvalue weighted by Gasteiger charge is 2.27. The van der Waals surface area contributed by atoms with E-state index in [1.165, 1.54) is 39.0 Å². The fraction of sp³-hybridized carbons (Fsp3) is 0.0323. The van der Waals surface area contributed by atoms with Crippen LogP contribution >= 0.6 is 0 Å². The molecule has 0 saturated heterocycles. The van der Waals surface area contributed by atoms with Gasteiger partial charge in [0.05, 0.1) is 0 Å². The molecule has 0 aliphatic heterocycles. The molecule has 1 aliphatic carbocycles. The van der Waals surface area contributed by atoms with Gasteiger partial charge in [0.25, 0.3) is 0 Å². The molecule has 0 heterocycles. The van der Waals surface area contributed by atoms with Crippen LogP contribution < -0.4 is 0 Å². The van der Waals surface area contributed by atoms with Crippen molar-refractivity contribution in [2.45, 2.75) is 5.92 Å². The standard InChI is InChI=1S/C31H24/c1-5-14-24(15-6-1)28-22-13-23-29(25-16-7-2-8-17-25)31(27-20-11-4-12-21-27)30(28)26-18-9-3-10-19-26/h1-23,30H/t30-/m1/s1. The summed E-state index contributed by atoms with van der Waals surface area (Å²) in [6, 6.07) is 43.2. The highest BCUT2D eigenvalue weighted by molar-refractivity contribution is 6.04. The van der Waals surface area contributed by atoms with E-state index in [1.807, 2.05) is 0 Å². The molecule has 5 rings (SSSR count). The summed E-state index contributed by atoms with van der Waals surface area (Å²) in [6.45, 7) is 0. The average molecular weight is 397 g/mol. The fourth-order valence-corrected chi connectivity index (χ4v) is 4.44. The second-order valence-corrected chi connectivity index (χ2v) is 7.75. The minimum absolute atomic E-state index is 0.121. The summed E-state index contributed by atoms with van der Waals surface area (Å²) in [5.41, 5.74) is 8.96. The van der Waals surface area contributed by atoms with Gasteiger partial charge in [0.1, 0.15) is 0 Å². The molecule has 0 radical (unpaired) electrons. The molecule has 0 bridgehead atoms. The Morgan fingerprint density at radius 1 is 0.452 bits per heavy atom. The molecule has 0 aromatic heterocycles. The maximum Gasteiger partial charge on any atom is 0.0358 e. The lowest BCUT2D eigenvalue weighted by Crippen LogP contribution is -2.07. The fourth-order valence-electron chi connectivity index (χ4n) is 4.44. The molecule has 0 heteroatoms. The lowest BCUT2D eigenvalue weighted by atomic mass is 9.76. The molecule has 148 valence electrons. The van der Waals surface area contributed by atoms with Crippen molar-refractivity contribution >= 4 is 16.7 Å². The molecular weight excluding hydrogens is 372 g/mol. The van der Waals surface area contributed by atoms with Crippen LogP contribution in [0.25, 0.3) is 16.7 Å². The third kappa shape index (κ3) is 3.93. The zero-order valence-electron chi connectivity index (χ0n) is 17.4. The first-order valence-electron chi connectivity index (χ1n) is 10.8. The van der Waals surface area contributed by atoms with Gasteiger partial charge in [-0.15, -0.1) is 0 Å². The summed E-state index contributed by atoms with van der Waals surface area (Å²) < 4.78 is 0. The van der Waals surface area contributed by atoms with Gasteiger partial charge in [0, 0.05) is 5.92 Å². The molecule has 0 N–H and O–H groups in total. The van der Waals surface area contributed by atoms with Crippen LogP contribution in [0.3, 0.4) is 0 Å². The predicted molar refractivity (Wildman–Crippen MR) is 132 cm³/mol. The Morgan fingerprint density at radius 2 is 0.935 bits per heavy atom. The second kappa shape index (κ2) is 8.85. The Hall–Kier alpha value is -3.90. The van der Waals surface area contributed by atoms with E-state index < -0.39 is 0 Å². The van der Waals surface area contributed by atoms with Crippen molar-refractivity contribution in [1.82, 2.24) is 0 Å². The van der Waals surface area contributed by atoms with Crippen molar-refractivity contribution in [1.29, 1.82) is 0 Å². The van der Waals surface area contributed by atoms with Gasteiger partial charge in [-0.05, 0) is 39.0 Å². The van der Waals surface area contributed by atoms with Crippen molar-refractivity contribution in [3.8, 4) is 0 Å². The molecule has 4 aromatic rings. The quantitative estimate of drug-likeness (QED) is 0.327. The molecule has 0 spiro atoms. The molecule has 1 aliphatic rings. The normalized spacial score (nSPS) is 16.0. The zero-order valence-corrected chi connectivity index (χ0v) is 17.4. The number of hydrogen-bond donors (Lipinski definition) is 0. The van der Waals surface area contributed by atoms with Gasteiger partial charge in [-0.1, -0.05) is 140 Å². The molecule has 0 nitrogen and oxygen atoms in total. The van der Waals surface area contributed by atoms with E-state index in [2.05, 4.69) is 140 Å². The van der Waals surface area contributed by atoms with Crippen LogP contribution in [0.5, 0.6) is 0 Å². The Morgan fingerprint density at radius 3 is 1.52 bits per heavy atom. The first-order valence-corrected chi connectivity index (χ1v) is 10.8. The Balaban J connectivity index is 1.83. The number of allylic oxidation sites excluding steroid dienone is 6. The van der Waals surface area contributed by atoms with Gasteiger partial charge in [0.2, 0.25) is 0 Å². The highest BCUT2D eigenvalue weighted by atomic mass is 14.3. The lowest BCUT2D eigenvalue weighted by molar-refractivity contribution is 1.12. The van der Waals surface area contributed by atoms with Crippen molar-refractivity contribution in [2.75, 3.05) is 0 Å². The summed E-state index contributed by atoms with van der Waals surface area (Å²) in [4.78, 5) is 0. The molecule has 31 heavy (non-hydrogen) atoms. The van der Waals surface area contributed by atoms with Crippen LogP contribution in [0.1, 0.15) is 28.2 Å². The van der Waals surface area contributed by atoms with Gasteiger partial charge in [0.15, 0.2) is 0 Å². The first-order chi connectivity index (χ1) is 15.4. The Bertz CT molecular complexity index is 1230. The van der Waals surface area contributed by atoms with E-state index in [0.29, 0.717) is 0 Å². The van der Waals surface area contributed by atoms with Gasteiger partial charge in [-0.2, -0.15) is 0 Å². The summed E-state index contributed by atoms with van der Waals surface area (Å²) in [7, 11) is 0. The third-order valence-electron chi connectivity index (χ3n) is 5.84. The van der Waals surface area contributed by atoms with Gasteiger partial charge in [-0.25, -0.2) is 0 Å². The van der Waals surface area contributed by atoms with Crippen LogP contribution in [0.15, 0.2) is 140 Å². The topological polar surface area (TPSA) is 0 Å². The summed E-state index contributed by atoms with van der Waals surface area (Å²) in [6.07, 6.45) is 6.76. The van der Waals surface area contributed by atoms with Crippen molar-refractivity contribution in [2.24, 2.45) is 0 Å². The van der Waals surface area contributed by atoms with Crippen LogP contribution in [-0.2, 0) is 0 Å². The summed E-state index contributed by atoms with van der Waals surface area (Å²) >= 11 is 0. The molecule has 0 saturated carbocycles. The zero-order chi connectivity index (χ0) is 20.9. The van der Waals surface area contributed by atoms with Crippen molar-refractivity contribution in [3.05, 3.63) is 162 Å². The molecule has 0 fully saturated rings. The largest absolute Gasteiger partial charge is 0.0622 e. The highest BCUT2D eigenvalue weighted by Crippen LogP contribution is 2.47. The monoisotopic (exact) mass is 396 g/mol. The minimum Gasteiger partial charge on any atom is -0.0622 e. The summed E-state index contributed by atoms with van der Waals surface area (Å²) in [5.74, 6) is 0.121. The smallest absolute Gasteiger partial charge is 0.0358 e. The molecule has 0 unspecified atom stereocenters. The van der Waals surface area contributed by atoms with E-state index in [0.717, 1.165) is 0 Å². The van der Waals surface area contributed by atoms with Crippen LogP contribution in [0.2, 0.25) is 0 Å². The number of rotatable bonds is 4. The Kier molecular flexibility index (Phi) is 5.45. The number of hydrogen-bond acceptors (Lipinski definition) is 0.